The molecule has 0 heterocycles. The number of esters is 2. The van der Waals surface area contributed by atoms with Crippen molar-refractivity contribution in [2.45, 2.75) is 38.0 Å². The van der Waals surface area contributed by atoms with Gasteiger partial charge >= 0.3 is 11.9 Å². The van der Waals surface area contributed by atoms with Gasteiger partial charge in [-0.15, -0.1) is 0 Å². The predicted octanol–water partition coefficient (Wildman–Crippen LogP) is 3.50. The van der Waals surface area contributed by atoms with Gasteiger partial charge in [0.15, 0.2) is 0 Å². The van der Waals surface area contributed by atoms with E-state index in [1.165, 1.54) is 12.1 Å². The standard InChI is InChI=1S/C24H23F2NO4/c25-16-7-3-1-5-14(16)11-30-21(28)18-19-20(18)24(27,13-23(19)9-10-23)22(29)31-12-15-6-2-4-8-17(15)26/h1-8,18-20H,9-13,27H2/t18-,19-,20+,24-/m0/s1. The van der Waals surface area contributed by atoms with Gasteiger partial charge in [-0.1, -0.05) is 36.4 Å². The Morgan fingerprint density at radius 3 is 2.00 bits per heavy atom. The monoisotopic (exact) mass is 427 g/mol. The molecule has 3 fully saturated rings. The number of hydrogen-bond acceptors (Lipinski definition) is 5. The summed E-state index contributed by atoms with van der Waals surface area (Å²) in [5.74, 6) is -2.84. The molecule has 0 amide bonds. The van der Waals surface area contributed by atoms with Crippen molar-refractivity contribution < 1.29 is 27.8 Å². The third kappa shape index (κ3) is 3.31. The normalized spacial score (nSPS) is 29.3. The Kier molecular flexibility index (Phi) is 4.62. The van der Waals surface area contributed by atoms with Crippen LogP contribution in [0.4, 0.5) is 8.78 Å². The van der Waals surface area contributed by atoms with Crippen LogP contribution in [0.3, 0.4) is 0 Å². The molecule has 0 aliphatic heterocycles. The van der Waals surface area contributed by atoms with Crippen molar-refractivity contribution in [1.29, 1.82) is 0 Å². The van der Waals surface area contributed by atoms with Gasteiger partial charge in [-0.2, -0.15) is 0 Å². The molecule has 7 heteroatoms. The lowest BCUT2D eigenvalue weighted by atomic mass is 9.86. The number of rotatable bonds is 6. The average molecular weight is 427 g/mol. The Morgan fingerprint density at radius 2 is 1.45 bits per heavy atom. The van der Waals surface area contributed by atoms with Crippen LogP contribution in [0.5, 0.6) is 0 Å². The molecular formula is C24H23F2NO4. The van der Waals surface area contributed by atoms with Crippen LogP contribution in [-0.4, -0.2) is 17.5 Å². The number of hydrogen-bond donors (Lipinski definition) is 1. The highest BCUT2D eigenvalue weighted by molar-refractivity contribution is 5.87. The van der Waals surface area contributed by atoms with E-state index >= 15 is 0 Å². The first-order valence-electron chi connectivity index (χ1n) is 10.5. The van der Waals surface area contributed by atoms with Crippen molar-refractivity contribution in [3.63, 3.8) is 0 Å². The van der Waals surface area contributed by atoms with Crippen LogP contribution in [-0.2, 0) is 32.3 Å². The van der Waals surface area contributed by atoms with Crippen molar-refractivity contribution in [1.82, 2.24) is 0 Å². The number of carbonyl (C=O) groups is 2. The van der Waals surface area contributed by atoms with E-state index in [9.17, 15) is 18.4 Å². The van der Waals surface area contributed by atoms with Crippen LogP contribution in [0.25, 0.3) is 0 Å². The van der Waals surface area contributed by atoms with E-state index in [0.29, 0.717) is 12.0 Å². The lowest BCUT2D eigenvalue weighted by molar-refractivity contribution is -0.154. The number of fused-ring (bicyclic) bond motifs is 2. The van der Waals surface area contributed by atoms with Gasteiger partial charge in [0.1, 0.15) is 30.4 Å². The zero-order valence-electron chi connectivity index (χ0n) is 16.9. The average Bonchev–Trinajstić information content (AvgIpc) is 3.65. The van der Waals surface area contributed by atoms with Crippen LogP contribution < -0.4 is 5.73 Å². The quantitative estimate of drug-likeness (QED) is 0.714. The number of ether oxygens (including phenoxy) is 2. The highest BCUT2D eigenvalue weighted by Crippen LogP contribution is 2.78. The maximum absolute atomic E-state index is 13.8. The van der Waals surface area contributed by atoms with Crippen LogP contribution in [0.2, 0.25) is 0 Å². The van der Waals surface area contributed by atoms with Crippen LogP contribution in [0.15, 0.2) is 48.5 Å². The Hall–Kier alpha value is -2.80. The molecule has 0 saturated heterocycles. The number of carbonyl (C=O) groups excluding carboxylic acids is 2. The van der Waals surface area contributed by atoms with Gasteiger partial charge in [0.05, 0.1) is 5.92 Å². The largest absolute Gasteiger partial charge is 0.460 e. The minimum atomic E-state index is -1.30. The smallest absolute Gasteiger partial charge is 0.326 e. The third-order valence-corrected chi connectivity index (χ3v) is 7.16. The van der Waals surface area contributed by atoms with Gasteiger partial charge < -0.3 is 15.2 Å². The summed E-state index contributed by atoms with van der Waals surface area (Å²) in [4.78, 5) is 25.7. The SMILES string of the molecule is N[C@@]1(C(=O)OCc2ccccc2F)CC2(CC2)[C@H]2[C@H](C(=O)OCc3ccccc3F)[C@H]21. The molecule has 3 saturated carbocycles. The molecule has 162 valence electrons. The third-order valence-electron chi connectivity index (χ3n) is 7.16. The molecule has 4 atom stereocenters. The van der Waals surface area contributed by atoms with Crippen molar-refractivity contribution in [3.8, 4) is 0 Å². The topological polar surface area (TPSA) is 78.6 Å². The molecule has 3 aliphatic carbocycles. The summed E-state index contributed by atoms with van der Waals surface area (Å²) in [5, 5.41) is 0. The second-order valence-corrected chi connectivity index (χ2v) is 9.02. The molecule has 31 heavy (non-hydrogen) atoms. The number of halogens is 2. The lowest BCUT2D eigenvalue weighted by Crippen LogP contribution is -2.51. The van der Waals surface area contributed by atoms with Gasteiger partial charge in [-0.25, -0.2) is 8.78 Å². The molecule has 5 rings (SSSR count). The predicted molar refractivity (Wildman–Crippen MR) is 106 cm³/mol. The van der Waals surface area contributed by atoms with E-state index in [1.54, 1.807) is 36.4 Å². The van der Waals surface area contributed by atoms with Crippen LogP contribution in [0.1, 0.15) is 30.4 Å². The van der Waals surface area contributed by atoms with E-state index in [0.717, 1.165) is 12.8 Å². The zero-order chi connectivity index (χ0) is 21.8. The van der Waals surface area contributed by atoms with E-state index in [2.05, 4.69) is 0 Å². The van der Waals surface area contributed by atoms with Crippen molar-refractivity contribution in [3.05, 3.63) is 71.3 Å². The molecule has 0 radical (unpaired) electrons. The zero-order valence-corrected chi connectivity index (χ0v) is 16.9. The molecule has 0 bridgehead atoms. The lowest BCUT2D eigenvalue weighted by Gasteiger charge is -2.27. The summed E-state index contributed by atoms with van der Waals surface area (Å²) in [5.41, 5.74) is 5.67. The molecule has 2 aromatic rings. The van der Waals surface area contributed by atoms with Crippen molar-refractivity contribution in [2.24, 2.45) is 28.9 Å². The first-order chi connectivity index (χ1) is 14.9. The first-order valence-corrected chi connectivity index (χ1v) is 10.5. The Morgan fingerprint density at radius 1 is 0.903 bits per heavy atom. The number of nitrogens with two attached hydrogens (primary N) is 1. The fourth-order valence-corrected chi connectivity index (χ4v) is 5.46. The number of benzene rings is 2. The summed E-state index contributed by atoms with van der Waals surface area (Å²) in [7, 11) is 0. The molecule has 0 aromatic heterocycles. The molecule has 2 aromatic carbocycles. The van der Waals surface area contributed by atoms with Crippen LogP contribution >= 0.6 is 0 Å². The second kappa shape index (κ2) is 7.12. The van der Waals surface area contributed by atoms with Crippen LogP contribution in [0, 0.1) is 34.8 Å². The molecule has 2 N–H and O–H groups in total. The Balaban J connectivity index is 1.26. The fourth-order valence-electron chi connectivity index (χ4n) is 5.46. The first kappa shape index (κ1) is 20.1. The molecule has 1 spiro atoms. The summed E-state index contributed by atoms with van der Waals surface area (Å²) in [6, 6.07) is 12.2. The van der Waals surface area contributed by atoms with E-state index in [1.807, 2.05) is 0 Å². The van der Waals surface area contributed by atoms with Crippen molar-refractivity contribution in [2.75, 3.05) is 0 Å². The van der Waals surface area contributed by atoms with E-state index in [-0.39, 0.29) is 36.0 Å². The highest BCUT2D eigenvalue weighted by Gasteiger charge is 2.81. The molecule has 3 aliphatic rings. The highest BCUT2D eigenvalue weighted by atomic mass is 19.1. The van der Waals surface area contributed by atoms with Gasteiger partial charge in [-0.3, -0.25) is 9.59 Å². The van der Waals surface area contributed by atoms with Gasteiger partial charge in [-0.05, 0) is 42.7 Å². The Bertz CT molecular complexity index is 1050. The maximum atomic E-state index is 13.8. The van der Waals surface area contributed by atoms with Crippen molar-refractivity contribution >= 4 is 11.9 Å². The Labute approximate surface area is 178 Å². The molecule has 0 unspecified atom stereocenters. The van der Waals surface area contributed by atoms with Gasteiger partial charge in [0, 0.05) is 17.0 Å². The van der Waals surface area contributed by atoms with Gasteiger partial charge in [0.2, 0.25) is 0 Å². The summed E-state index contributed by atoms with van der Waals surface area (Å²) in [6.45, 7) is -0.374. The summed E-state index contributed by atoms with van der Waals surface area (Å²) >= 11 is 0. The fraction of sp³-hybridized carbons (Fsp3) is 0.417. The summed E-state index contributed by atoms with van der Waals surface area (Å²) < 4.78 is 38.4. The summed E-state index contributed by atoms with van der Waals surface area (Å²) in [6.07, 6.45) is 2.28. The minimum Gasteiger partial charge on any atom is -0.460 e. The van der Waals surface area contributed by atoms with E-state index < -0.39 is 35.0 Å². The molecule has 5 nitrogen and oxygen atoms in total. The second-order valence-electron chi connectivity index (χ2n) is 9.02. The van der Waals surface area contributed by atoms with E-state index in [4.69, 9.17) is 15.2 Å². The minimum absolute atomic E-state index is 0.0216. The van der Waals surface area contributed by atoms with Gasteiger partial charge in [0.25, 0.3) is 0 Å². The molecular weight excluding hydrogens is 404 g/mol. The maximum Gasteiger partial charge on any atom is 0.326 e.